The molecule has 0 unspecified atom stereocenters. The second-order valence-electron chi connectivity index (χ2n) is 8.17. The van der Waals surface area contributed by atoms with Crippen LogP contribution in [0.15, 0.2) is 54.6 Å². The minimum Gasteiger partial charge on any atom is -0.367 e. The minimum atomic E-state index is -0.188. The lowest BCUT2D eigenvalue weighted by atomic mass is 9.83. The largest absolute Gasteiger partial charge is 0.367 e. The third-order valence-electron chi connectivity index (χ3n) is 6.17. The molecule has 2 atom stereocenters. The number of likely N-dealkylation sites (tertiary alicyclic amines) is 2. The minimum absolute atomic E-state index is 0.0926. The van der Waals surface area contributed by atoms with Gasteiger partial charge in [0.2, 0.25) is 5.91 Å². The Balaban J connectivity index is 1.27. The maximum Gasteiger partial charge on any atom is 0.248 e. The van der Waals surface area contributed by atoms with Crippen molar-refractivity contribution in [3.63, 3.8) is 0 Å². The number of ether oxygens (including phenoxy) is 1. The number of hydrogen-bond donors (Lipinski definition) is 0. The molecule has 0 N–H and O–H groups in total. The molecule has 0 spiro atoms. The van der Waals surface area contributed by atoms with Crippen LogP contribution in [0, 0.1) is 11.7 Å². The molecule has 0 bridgehead atoms. The Morgan fingerprint density at radius 2 is 1.79 bits per heavy atom. The second-order valence-corrected chi connectivity index (χ2v) is 8.17. The van der Waals surface area contributed by atoms with Crippen LogP contribution in [-0.2, 0) is 22.7 Å². The first-order valence-electron chi connectivity index (χ1n) is 10.6. The van der Waals surface area contributed by atoms with Crippen LogP contribution in [0.5, 0.6) is 0 Å². The zero-order chi connectivity index (χ0) is 20.1. The molecule has 29 heavy (non-hydrogen) atoms. The van der Waals surface area contributed by atoms with E-state index >= 15 is 0 Å². The van der Waals surface area contributed by atoms with Gasteiger partial charge in [-0.15, -0.1) is 0 Å². The number of piperidine rings is 2. The van der Waals surface area contributed by atoms with E-state index in [0.717, 1.165) is 50.1 Å². The van der Waals surface area contributed by atoms with Crippen molar-refractivity contribution < 1.29 is 13.9 Å². The fraction of sp³-hybridized carbons (Fsp3) is 0.458. The number of nitrogens with zero attached hydrogens (tertiary/aromatic N) is 2. The Labute approximate surface area is 172 Å². The predicted molar refractivity (Wildman–Crippen MR) is 111 cm³/mol. The van der Waals surface area contributed by atoms with Gasteiger partial charge in [0, 0.05) is 25.7 Å². The number of carbonyl (C=O) groups is 1. The summed E-state index contributed by atoms with van der Waals surface area (Å²) < 4.78 is 18.8. The summed E-state index contributed by atoms with van der Waals surface area (Å²) >= 11 is 0. The van der Waals surface area contributed by atoms with E-state index in [1.54, 1.807) is 0 Å². The topological polar surface area (TPSA) is 32.8 Å². The van der Waals surface area contributed by atoms with Gasteiger partial charge >= 0.3 is 0 Å². The maximum atomic E-state index is 13.2. The van der Waals surface area contributed by atoms with E-state index in [0.29, 0.717) is 18.6 Å². The van der Waals surface area contributed by atoms with E-state index < -0.39 is 0 Å². The van der Waals surface area contributed by atoms with Crippen LogP contribution >= 0.6 is 0 Å². The van der Waals surface area contributed by atoms with Crippen molar-refractivity contribution in [3.8, 4) is 0 Å². The molecule has 2 fully saturated rings. The first-order valence-corrected chi connectivity index (χ1v) is 10.6. The van der Waals surface area contributed by atoms with Crippen molar-refractivity contribution >= 4 is 5.91 Å². The monoisotopic (exact) mass is 396 g/mol. The summed E-state index contributed by atoms with van der Waals surface area (Å²) in [7, 11) is 0. The molecule has 2 aromatic carbocycles. The van der Waals surface area contributed by atoms with Crippen LogP contribution in [0.4, 0.5) is 4.39 Å². The molecule has 0 saturated carbocycles. The van der Waals surface area contributed by atoms with Crippen LogP contribution in [-0.4, -0.2) is 48.0 Å². The van der Waals surface area contributed by atoms with Crippen LogP contribution in [0.25, 0.3) is 0 Å². The van der Waals surface area contributed by atoms with Crippen LogP contribution in [0.3, 0.4) is 0 Å². The first kappa shape index (κ1) is 20.0. The second kappa shape index (κ2) is 9.51. The van der Waals surface area contributed by atoms with Crippen molar-refractivity contribution in [3.05, 3.63) is 71.5 Å². The molecule has 2 heterocycles. The summed E-state index contributed by atoms with van der Waals surface area (Å²) in [6.45, 7) is 4.15. The Bertz CT molecular complexity index is 796. The summed E-state index contributed by atoms with van der Waals surface area (Å²) in [6, 6.07) is 17.3. The summed E-state index contributed by atoms with van der Waals surface area (Å²) in [5.41, 5.74) is 2.24. The maximum absolute atomic E-state index is 13.2. The molecular formula is C24H29FN2O2. The highest BCUT2D eigenvalue weighted by molar-refractivity contribution is 5.77. The normalized spacial score (nSPS) is 22.3. The molecule has 2 saturated heterocycles. The highest BCUT2D eigenvalue weighted by Gasteiger charge is 2.37. The lowest BCUT2D eigenvalue weighted by Gasteiger charge is -2.47. The van der Waals surface area contributed by atoms with Crippen molar-refractivity contribution in [2.45, 2.75) is 38.5 Å². The third-order valence-corrected chi connectivity index (χ3v) is 6.17. The predicted octanol–water partition coefficient (Wildman–Crippen LogP) is 3.86. The van der Waals surface area contributed by atoms with E-state index in [2.05, 4.69) is 4.90 Å². The number of fused-ring (bicyclic) bond motifs is 1. The van der Waals surface area contributed by atoms with Gasteiger partial charge in [-0.05, 0) is 55.0 Å². The Morgan fingerprint density at radius 1 is 1.00 bits per heavy atom. The van der Waals surface area contributed by atoms with Gasteiger partial charge in [-0.1, -0.05) is 42.5 Å². The Kier molecular flexibility index (Phi) is 6.57. The van der Waals surface area contributed by atoms with E-state index in [-0.39, 0.29) is 18.3 Å². The van der Waals surface area contributed by atoms with E-state index in [1.165, 1.54) is 18.6 Å². The van der Waals surface area contributed by atoms with Crippen molar-refractivity contribution in [2.24, 2.45) is 5.92 Å². The Morgan fingerprint density at radius 3 is 2.59 bits per heavy atom. The molecule has 154 valence electrons. The SMILES string of the molecule is O=C(COCc1ccccc1)N1CC[C@H]2[C@H](CCCN2Cc2ccc(F)cc2)C1. The van der Waals surface area contributed by atoms with E-state index in [4.69, 9.17) is 4.74 Å². The highest BCUT2D eigenvalue weighted by Crippen LogP contribution is 2.31. The summed E-state index contributed by atoms with van der Waals surface area (Å²) in [5, 5.41) is 0. The number of rotatable bonds is 6. The lowest BCUT2D eigenvalue weighted by molar-refractivity contribution is -0.140. The van der Waals surface area contributed by atoms with Gasteiger partial charge < -0.3 is 9.64 Å². The third kappa shape index (κ3) is 5.22. The van der Waals surface area contributed by atoms with Crippen LogP contribution in [0.1, 0.15) is 30.4 Å². The molecule has 2 aliphatic heterocycles. The van der Waals surface area contributed by atoms with Gasteiger partial charge in [-0.2, -0.15) is 0 Å². The number of benzene rings is 2. The van der Waals surface area contributed by atoms with Crippen LogP contribution in [0.2, 0.25) is 0 Å². The van der Waals surface area contributed by atoms with Crippen molar-refractivity contribution in [1.82, 2.24) is 9.80 Å². The summed E-state index contributed by atoms with van der Waals surface area (Å²) in [4.78, 5) is 17.1. The van der Waals surface area contributed by atoms with E-state index in [9.17, 15) is 9.18 Å². The van der Waals surface area contributed by atoms with Gasteiger partial charge in [0.15, 0.2) is 0 Å². The molecule has 4 nitrogen and oxygen atoms in total. The number of halogens is 1. The molecular weight excluding hydrogens is 367 g/mol. The van der Waals surface area contributed by atoms with Gasteiger partial charge in [0.1, 0.15) is 12.4 Å². The van der Waals surface area contributed by atoms with Gasteiger partial charge in [0.25, 0.3) is 0 Å². The average molecular weight is 397 g/mol. The molecule has 5 heteroatoms. The molecule has 0 aromatic heterocycles. The van der Waals surface area contributed by atoms with Crippen LogP contribution < -0.4 is 0 Å². The Hall–Kier alpha value is -2.24. The zero-order valence-electron chi connectivity index (χ0n) is 16.8. The number of amides is 1. The number of hydrogen-bond acceptors (Lipinski definition) is 3. The van der Waals surface area contributed by atoms with Gasteiger partial charge in [0.05, 0.1) is 6.61 Å². The molecule has 2 aliphatic rings. The zero-order valence-corrected chi connectivity index (χ0v) is 16.8. The van der Waals surface area contributed by atoms with E-state index in [1.807, 2.05) is 47.4 Å². The quantitative estimate of drug-likeness (QED) is 0.743. The lowest BCUT2D eigenvalue weighted by Crippen LogP contribution is -2.55. The van der Waals surface area contributed by atoms with Crippen molar-refractivity contribution in [2.75, 3.05) is 26.2 Å². The van der Waals surface area contributed by atoms with Gasteiger partial charge in [-0.25, -0.2) is 4.39 Å². The molecule has 4 rings (SSSR count). The fourth-order valence-electron chi connectivity index (χ4n) is 4.68. The standard InChI is InChI=1S/C24H29FN2O2/c25-22-10-8-19(9-11-22)15-26-13-4-7-21-16-27(14-12-23(21)26)24(28)18-29-17-20-5-2-1-3-6-20/h1-3,5-6,8-11,21,23H,4,7,12-18H2/t21-,23+/m1/s1. The molecule has 0 radical (unpaired) electrons. The fourth-order valence-corrected chi connectivity index (χ4v) is 4.68. The van der Waals surface area contributed by atoms with Gasteiger partial charge in [-0.3, -0.25) is 9.69 Å². The molecule has 0 aliphatic carbocycles. The summed E-state index contributed by atoms with van der Waals surface area (Å²) in [6.07, 6.45) is 3.31. The molecule has 1 amide bonds. The molecule has 2 aromatic rings. The number of carbonyl (C=O) groups excluding carboxylic acids is 1. The highest BCUT2D eigenvalue weighted by atomic mass is 19.1. The first-order chi connectivity index (χ1) is 14.2. The average Bonchev–Trinajstić information content (AvgIpc) is 2.76. The van der Waals surface area contributed by atoms with Crippen molar-refractivity contribution in [1.29, 1.82) is 0 Å². The smallest absolute Gasteiger partial charge is 0.248 e. The summed E-state index contributed by atoms with van der Waals surface area (Å²) in [5.74, 6) is 0.414.